The van der Waals surface area contributed by atoms with Crippen LogP contribution in [0.3, 0.4) is 0 Å². The minimum Gasteiger partial charge on any atom is -0.465 e. The van der Waals surface area contributed by atoms with E-state index in [1.165, 1.54) is 29.7 Å². The van der Waals surface area contributed by atoms with E-state index in [4.69, 9.17) is 9.47 Å². The summed E-state index contributed by atoms with van der Waals surface area (Å²) in [5, 5.41) is 0. The first-order chi connectivity index (χ1) is 12.0. The SMILES string of the molecule is COC(=O)c1ccccc1Oc1ccc(S(=O)(=O)N2CCCC2)cn1. The number of nitrogens with zero attached hydrogens (tertiary/aromatic N) is 2. The van der Waals surface area contributed by atoms with Gasteiger partial charge in [0.25, 0.3) is 0 Å². The largest absolute Gasteiger partial charge is 0.465 e. The van der Waals surface area contributed by atoms with Crippen molar-refractivity contribution in [2.24, 2.45) is 0 Å². The number of carbonyl (C=O) groups is 1. The Balaban J connectivity index is 1.81. The van der Waals surface area contributed by atoms with E-state index < -0.39 is 16.0 Å². The molecule has 0 saturated carbocycles. The molecule has 1 aromatic heterocycles. The van der Waals surface area contributed by atoms with Crippen LogP contribution in [0.15, 0.2) is 47.5 Å². The highest BCUT2D eigenvalue weighted by atomic mass is 32.2. The summed E-state index contributed by atoms with van der Waals surface area (Å²) in [6.07, 6.45) is 3.01. The summed E-state index contributed by atoms with van der Waals surface area (Å²) < 4.78 is 36.7. The predicted molar refractivity (Wildman–Crippen MR) is 90.1 cm³/mol. The normalized spacial score (nSPS) is 15.1. The summed E-state index contributed by atoms with van der Waals surface area (Å²) >= 11 is 0. The maximum Gasteiger partial charge on any atom is 0.341 e. The van der Waals surface area contributed by atoms with E-state index in [0.717, 1.165) is 12.8 Å². The third kappa shape index (κ3) is 3.64. The Bertz CT molecular complexity index is 859. The molecular weight excluding hydrogens is 344 g/mol. The monoisotopic (exact) mass is 362 g/mol. The lowest BCUT2D eigenvalue weighted by molar-refractivity contribution is 0.0598. The van der Waals surface area contributed by atoms with E-state index >= 15 is 0 Å². The van der Waals surface area contributed by atoms with Crippen LogP contribution in [-0.2, 0) is 14.8 Å². The number of ether oxygens (including phenoxy) is 2. The van der Waals surface area contributed by atoms with Crippen LogP contribution in [0.5, 0.6) is 11.6 Å². The molecule has 1 saturated heterocycles. The van der Waals surface area contributed by atoms with Gasteiger partial charge in [-0.2, -0.15) is 4.31 Å². The number of rotatable bonds is 5. The quantitative estimate of drug-likeness (QED) is 0.760. The van der Waals surface area contributed by atoms with Crippen LogP contribution in [-0.4, -0.2) is 43.9 Å². The van der Waals surface area contributed by atoms with Crippen molar-refractivity contribution in [1.29, 1.82) is 0 Å². The van der Waals surface area contributed by atoms with Gasteiger partial charge in [-0.25, -0.2) is 18.2 Å². The van der Waals surface area contributed by atoms with Crippen molar-refractivity contribution < 1.29 is 22.7 Å². The van der Waals surface area contributed by atoms with Gasteiger partial charge < -0.3 is 9.47 Å². The first kappa shape index (κ1) is 17.4. The third-order valence-electron chi connectivity index (χ3n) is 3.92. The minimum absolute atomic E-state index is 0.128. The topological polar surface area (TPSA) is 85.8 Å². The van der Waals surface area contributed by atoms with Gasteiger partial charge in [0.05, 0.1) is 13.3 Å². The molecule has 0 unspecified atom stereocenters. The number of pyridine rings is 1. The van der Waals surface area contributed by atoms with Crippen LogP contribution in [0.2, 0.25) is 0 Å². The van der Waals surface area contributed by atoms with Crippen molar-refractivity contribution >= 4 is 16.0 Å². The number of methoxy groups -OCH3 is 1. The molecule has 3 rings (SSSR count). The molecule has 2 heterocycles. The molecule has 0 atom stereocenters. The van der Waals surface area contributed by atoms with E-state index in [0.29, 0.717) is 13.1 Å². The number of esters is 1. The van der Waals surface area contributed by atoms with Gasteiger partial charge in [-0.1, -0.05) is 12.1 Å². The number of hydrogen-bond donors (Lipinski definition) is 0. The number of benzene rings is 1. The molecule has 132 valence electrons. The fraction of sp³-hybridized carbons (Fsp3) is 0.294. The number of hydrogen-bond acceptors (Lipinski definition) is 6. The first-order valence-corrected chi connectivity index (χ1v) is 9.28. The summed E-state index contributed by atoms with van der Waals surface area (Å²) in [5.74, 6) is -0.0439. The van der Waals surface area contributed by atoms with Crippen LogP contribution in [0, 0.1) is 0 Å². The van der Waals surface area contributed by atoms with Crippen molar-refractivity contribution in [2.45, 2.75) is 17.7 Å². The van der Waals surface area contributed by atoms with Crippen LogP contribution in [0.4, 0.5) is 0 Å². The molecule has 25 heavy (non-hydrogen) atoms. The minimum atomic E-state index is -3.51. The molecule has 0 aliphatic carbocycles. The summed E-state index contributed by atoms with van der Waals surface area (Å²) in [6.45, 7) is 1.07. The number of aromatic nitrogens is 1. The van der Waals surface area contributed by atoms with Gasteiger partial charge in [-0.05, 0) is 31.0 Å². The zero-order valence-electron chi connectivity index (χ0n) is 13.7. The number of sulfonamides is 1. The van der Waals surface area contributed by atoms with E-state index in [-0.39, 0.29) is 22.1 Å². The van der Waals surface area contributed by atoms with E-state index in [2.05, 4.69) is 4.98 Å². The molecule has 1 fully saturated rings. The Morgan fingerprint density at radius 3 is 2.48 bits per heavy atom. The van der Waals surface area contributed by atoms with E-state index in [1.807, 2.05) is 0 Å². The molecule has 0 N–H and O–H groups in total. The van der Waals surface area contributed by atoms with Crippen molar-refractivity contribution in [3.63, 3.8) is 0 Å². The average Bonchev–Trinajstić information content (AvgIpc) is 3.17. The summed E-state index contributed by atoms with van der Waals surface area (Å²) in [5.41, 5.74) is 0.264. The summed E-state index contributed by atoms with van der Waals surface area (Å²) in [7, 11) is -2.23. The highest BCUT2D eigenvalue weighted by Crippen LogP contribution is 2.26. The molecule has 0 amide bonds. The second-order valence-corrected chi connectivity index (χ2v) is 7.47. The van der Waals surface area contributed by atoms with Crippen molar-refractivity contribution in [3.8, 4) is 11.6 Å². The first-order valence-electron chi connectivity index (χ1n) is 7.84. The molecule has 1 aliphatic rings. The van der Waals surface area contributed by atoms with Crippen molar-refractivity contribution in [1.82, 2.24) is 9.29 Å². The maximum absolute atomic E-state index is 12.5. The summed E-state index contributed by atoms with van der Waals surface area (Å²) in [6, 6.07) is 9.52. The Labute approximate surface area is 146 Å². The van der Waals surface area contributed by atoms with Crippen LogP contribution in [0.1, 0.15) is 23.2 Å². The molecule has 2 aromatic rings. The van der Waals surface area contributed by atoms with Gasteiger partial charge in [0.2, 0.25) is 15.9 Å². The predicted octanol–water partition coefficient (Wildman–Crippen LogP) is 2.45. The standard InChI is InChI=1S/C17H18N2O5S/c1-23-17(20)14-6-2-3-7-15(14)24-16-9-8-13(12-18-16)25(21,22)19-10-4-5-11-19/h2-3,6-9,12H,4-5,10-11H2,1H3. The lowest BCUT2D eigenvalue weighted by Crippen LogP contribution is -2.27. The smallest absolute Gasteiger partial charge is 0.341 e. The van der Waals surface area contributed by atoms with Crippen LogP contribution < -0.4 is 4.74 Å². The highest BCUT2D eigenvalue weighted by Gasteiger charge is 2.27. The Morgan fingerprint density at radius 2 is 1.84 bits per heavy atom. The lowest BCUT2D eigenvalue weighted by atomic mass is 10.2. The zero-order chi connectivity index (χ0) is 17.9. The maximum atomic E-state index is 12.5. The molecule has 0 bridgehead atoms. The molecular formula is C17H18N2O5S. The summed E-state index contributed by atoms with van der Waals surface area (Å²) in [4.78, 5) is 15.9. The Morgan fingerprint density at radius 1 is 1.12 bits per heavy atom. The fourth-order valence-corrected chi connectivity index (χ4v) is 4.07. The molecule has 1 aliphatic heterocycles. The highest BCUT2D eigenvalue weighted by molar-refractivity contribution is 7.89. The Kier molecular flexibility index (Phi) is 5.00. The van der Waals surface area contributed by atoms with Gasteiger partial charge in [-0.15, -0.1) is 0 Å². The van der Waals surface area contributed by atoms with Gasteiger partial charge in [-0.3, -0.25) is 0 Å². The molecule has 8 heteroatoms. The molecule has 7 nitrogen and oxygen atoms in total. The average molecular weight is 362 g/mol. The van der Waals surface area contributed by atoms with Gasteiger partial charge in [0.15, 0.2) is 0 Å². The number of para-hydroxylation sites is 1. The van der Waals surface area contributed by atoms with Crippen molar-refractivity contribution in [3.05, 3.63) is 48.2 Å². The van der Waals surface area contributed by atoms with Crippen LogP contribution in [0.25, 0.3) is 0 Å². The van der Waals surface area contributed by atoms with Crippen molar-refractivity contribution in [2.75, 3.05) is 20.2 Å². The zero-order valence-corrected chi connectivity index (χ0v) is 14.5. The second kappa shape index (κ2) is 7.20. The van der Waals surface area contributed by atoms with Gasteiger partial charge in [0, 0.05) is 19.2 Å². The molecule has 0 radical (unpaired) electrons. The second-order valence-electron chi connectivity index (χ2n) is 5.53. The third-order valence-corrected chi connectivity index (χ3v) is 5.80. The fourth-order valence-electron chi connectivity index (χ4n) is 2.60. The number of carbonyl (C=O) groups excluding carboxylic acids is 1. The van der Waals surface area contributed by atoms with E-state index in [9.17, 15) is 13.2 Å². The van der Waals surface area contributed by atoms with Gasteiger partial charge >= 0.3 is 5.97 Å². The Hall–Kier alpha value is -2.45. The van der Waals surface area contributed by atoms with Crippen LogP contribution >= 0.6 is 0 Å². The lowest BCUT2D eigenvalue weighted by Gasteiger charge is -2.15. The molecule has 0 spiro atoms. The van der Waals surface area contributed by atoms with Gasteiger partial charge in [0.1, 0.15) is 16.2 Å². The van der Waals surface area contributed by atoms with E-state index in [1.54, 1.807) is 24.3 Å². The molecule has 1 aromatic carbocycles.